The minimum atomic E-state index is -1.20. The molecule has 0 spiro atoms. The Morgan fingerprint density at radius 2 is 2.04 bits per heavy atom. The number of phenolic OH excluding ortho intramolecular Hbond substituents is 1. The smallest absolute Gasteiger partial charge is 0.499 e. The quantitative estimate of drug-likeness (QED) is 0.371. The van der Waals surface area contributed by atoms with E-state index >= 15 is 0 Å². The van der Waals surface area contributed by atoms with E-state index in [-0.39, 0.29) is 12.2 Å². The summed E-state index contributed by atoms with van der Waals surface area (Å²) >= 11 is 0. The van der Waals surface area contributed by atoms with Crippen LogP contribution in [0.4, 0.5) is 10.5 Å². The van der Waals surface area contributed by atoms with E-state index in [1.165, 1.54) is 11.8 Å². The summed E-state index contributed by atoms with van der Waals surface area (Å²) in [6, 6.07) is 2.60. The highest BCUT2D eigenvalue weighted by Crippen LogP contribution is 2.41. The second-order valence-corrected chi connectivity index (χ2v) is 5.50. The van der Waals surface area contributed by atoms with Crippen molar-refractivity contribution in [2.45, 2.75) is 26.2 Å². The van der Waals surface area contributed by atoms with Gasteiger partial charge in [-0.2, -0.15) is 5.26 Å². The van der Waals surface area contributed by atoms with Gasteiger partial charge in [0.05, 0.1) is 17.1 Å². The molecule has 0 atom stereocenters. The number of hydrogen-bond donors (Lipinski definition) is 1. The average Bonchev–Trinajstić information content (AvgIpc) is 2.62. The fourth-order valence-electron chi connectivity index (χ4n) is 2.69. The first-order valence-corrected chi connectivity index (χ1v) is 7.99. The van der Waals surface area contributed by atoms with E-state index in [1.54, 1.807) is 6.07 Å². The van der Waals surface area contributed by atoms with Gasteiger partial charge in [0.1, 0.15) is 11.6 Å². The van der Waals surface area contributed by atoms with E-state index in [0.29, 0.717) is 13.1 Å². The summed E-state index contributed by atoms with van der Waals surface area (Å²) in [7, 11) is 0. The first kappa shape index (κ1) is 19.0. The Labute approximate surface area is 148 Å². The SMILES string of the molecule is CCOC(=O)Oc1cc(C#N)c(C(=O)N2CCCCC2)c([N+](=O)[O-])c1O. The number of ether oxygens (including phenoxy) is 2. The van der Waals surface area contributed by atoms with Crippen LogP contribution in [0.15, 0.2) is 6.07 Å². The van der Waals surface area contributed by atoms with Crippen LogP contribution in [0.1, 0.15) is 42.1 Å². The van der Waals surface area contributed by atoms with Gasteiger partial charge in [0.25, 0.3) is 5.91 Å². The molecule has 0 bridgehead atoms. The van der Waals surface area contributed by atoms with Gasteiger partial charge in [-0.15, -0.1) is 0 Å². The van der Waals surface area contributed by atoms with Gasteiger partial charge in [0.2, 0.25) is 5.75 Å². The van der Waals surface area contributed by atoms with Gasteiger partial charge in [0.15, 0.2) is 5.75 Å². The van der Waals surface area contributed by atoms with Crippen LogP contribution in [0.2, 0.25) is 0 Å². The summed E-state index contributed by atoms with van der Waals surface area (Å²) in [5.74, 6) is -2.35. The Morgan fingerprint density at radius 3 is 2.58 bits per heavy atom. The molecule has 1 aliphatic rings. The van der Waals surface area contributed by atoms with Gasteiger partial charge in [-0.1, -0.05) is 0 Å². The van der Waals surface area contributed by atoms with E-state index in [0.717, 1.165) is 25.3 Å². The third kappa shape index (κ3) is 3.83. The minimum Gasteiger partial charge on any atom is -0.499 e. The highest BCUT2D eigenvalue weighted by Gasteiger charge is 2.35. The molecule has 0 unspecified atom stereocenters. The van der Waals surface area contributed by atoms with Crippen molar-refractivity contribution in [3.05, 3.63) is 27.3 Å². The van der Waals surface area contributed by atoms with Crippen LogP contribution in [0, 0.1) is 21.4 Å². The molecule has 138 valence electrons. The van der Waals surface area contributed by atoms with Crippen molar-refractivity contribution in [2.24, 2.45) is 0 Å². The predicted octanol–water partition coefficient (Wildman–Crippen LogP) is 2.33. The molecule has 2 rings (SSSR count). The molecule has 0 radical (unpaired) electrons. The summed E-state index contributed by atoms with van der Waals surface area (Å²) in [5, 5.41) is 31.0. The van der Waals surface area contributed by atoms with E-state index in [4.69, 9.17) is 4.74 Å². The van der Waals surface area contributed by atoms with Crippen molar-refractivity contribution >= 4 is 17.7 Å². The van der Waals surface area contributed by atoms with Crippen molar-refractivity contribution in [1.29, 1.82) is 5.26 Å². The van der Waals surface area contributed by atoms with Gasteiger partial charge < -0.3 is 19.5 Å². The topological polar surface area (TPSA) is 143 Å². The summed E-state index contributed by atoms with van der Waals surface area (Å²) in [6.07, 6.45) is 1.24. The Kier molecular flexibility index (Phi) is 5.95. The number of nitrogens with zero attached hydrogens (tertiary/aromatic N) is 3. The summed E-state index contributed by atoms with van der Waals surface area (Å²) in [4.78, 5) is 36.0. The van der Waals surface area contributed by atoms with Crippen LogP contribution in [-0.4, -0.2) is 46.7 Å². The predicted molar refractivity (Wildman–Crippen MR) is 86.9 cm³/mol. The molecule has 1 amide bonds. The molecule has 1 fully saturated rings. The number of piperidine rings is 1. The largest absolute Gasteiger partial charge is 0.513 e. The van der Waals surface area contributed by atoms with E-state index in [1.807, 2.05) is 0 Å². The maximum Gasteiger partial charge on any atom is 0.513 e. The lowest BCUT2D eigenvalue weighted by Gasteiger charge is -2.27. The number of nitro groups is 1. The number of nitro benzene ring substituents is 1. The van der Waals surface area contributed by atoms with E-state index in [2.05, 4.69) is 4.74 Å². The highest BCUT2D eigenvalue weighted by atomic mass is 16.7. The molecule has 10 heteroatoms. The summed E-state index contributed by atoms with van der Waals surface area (Å²) in [5.41, 5.74) is -1.86. The van der Waals surface area contributed by atoms with Crippen LogP contribution in [0.5, 0.6) is 11.5 Å². The number of phenols is 1. The first-order chi connectivity index (χ1) is 12.4. The van der Waals surface area contributed by atoms with E-state index in [9.17, 15) is 30.1 Å². The van der Waals surface area contributed by atoms with Gasteiger partial charge in [-0.3, -0.25) is 14.9 Å². The van der Waals surface area contributed by atoms with Crippen molar-refractivity contribution in [1.82, 2.24) is 4.90 Å². The molecule has 0 saturated carbocycles. The zero-order valence-electron chi connectivity index (χ0n) is 14.1. The highest BCUT2D eigenvalue weighted by molar-refractivity contribution is 6.02. The molecule has 10 nitrogen and oxygen atoms in total. The van der Waals surface area contributed by atoms with Gasteiger partial charge >= 0.3 is 11.8 Å². The molecule has 0 aliphatic carbocycles. The van der Waals surface area contributed by atoms with Crippen LogP contribution >= 0.6 is 0 Å². The fraction of sp³-hybridized carbons (Fsp3) is 0.438. The van der Waals surface area contributed by atoms with Crippen molar-refractivity contribution < 1.29 is 29.1 Å². The molecule has 1 aromatic rings. The summed E-state index contributed by atoms with van der Waals surface area (Å²) < 4.78 is 9.25. The lowest BCUT2D eigenvalue weighted by atomic mass is 10.0. The van der Waals surface area contributed by atoms with Crippen molar-refractivity contribution in [3.63, 3.8) is 0 Å². The lowest BCUT2D eigenvalue weighted by Crippen LogP contribution is -2.36. The fourth-order valence-corrected chi connectivity index (χ4v) is 2.69. The number of nitriles is 1. The monoisotopic (exact) mass is 363 g/mol. The molecular formula is C16H17N3O7. The second-order valence-electron chi connectivity index (χ2n) is 5.50. The third-order valence-electron chi connectivity index (χ3n) is 3.85. The Morgan fingerprint density at radius 1 is 1.38 bits per heavy atom. The second kappa shape index (κ2) is 8.15. The van der Waals surface area contributed by atoms with Gasteiger partial charge in [-0.25, -0.2) is 4.79 Å². The first-order valence-electron chi connectivity index (χ1n) is 7.99. The minimum absolute atomic E-state index is 0.0156. The lowest BCUT2D eigenvalue weighted by molar-refractivity contribution is -0.386. The number of carbonyl (C=O) groups excluding carboxylic acids is 2. The normalized spacial score (nSPS) is 13.6. The zero-order chi connectivity index (χ0) is 19.3. The maximum absolute atomic E-state index is 12.7. The molecule has 0 aromatic heterocycles. The zero-order valence-corrected chi connectivity index (χ0v) is 14.1. The average molecular weight is 363 g/mol. The Balaban J connectivity index is 2.55. The number of likely N-dealkylation sites (tertiary alicyclic amines) is 1. The van der Waals surface area contributed by atoms with E-state index < -0.39 is 39.7 Å². The van der Waals surface area contributed by atoms with Crippen LogP contribution in [-0.2, 0) is 4.74 Å². The van der Waals surface area contributed by atoms with Crippen molar-refractivity contribution in [2.75, 3.05) is 19.7 Å². The molecule has 1 saturated heterocycles. The van der Waals surface area contributed by atoms with Gasteiger partial charge in [0, 0.05) is 19.2 Å². The Hall–Kier alpha value is -3.35. The van der Waals surface area contributed by atoms with Crippen molar-refractivity contribution in [3.8, 4) is 17.6 Å². The standard InChI is InChI=1S/C16H17N3O7/c1-2-25-16(22)26-11-8-10(9-17)12(13(14(11)20)19(23)24)15(21)18-6-4-3-5-7-18/h8,20H,2-7H2,1H3. The molecular weight excluding hydrogens is 346 g/mol. The number of carbonyl (C=O) groups is 2. The third-order valence-corrected chi connectivity index (χ3v) is 3.85. The number of amides is 1. The van der Waals surface area contributed by atoms with Crippen LogP contribution in [0.3, 0.4) is 0 Å². The molecule has 1 N–H and O–H groups in total. The molecule has 26 heavy (non-hydrogen) atoms. The van der Waals surface area contributed by atoms with Crippen LogP contribution in [0.25, 0.3) is 0 Å². The summed E-state index contributed by atoms with van der Waals surface area (Å²) in [6.45, 7) is 2.31. The van der Waals surface area contributed by atoms with Gasteiger partial charge in [-0.05, 0) is 26.2 Å². The maximum atomic E-state index is 12.7. The Bertz CT molecular complexity index is 779. The van der Waals surface area contributed by atoms with Crippen LogP contribution < -0.4 is 4.74 Å². The number of benzene rings is 1. The number of hydrogen-bond acceptors (Lipinski definition) is 8. The molecule has 1 heterocycles. The molecule has 1 aliphatic heterocycles. The molecule has 1 aromatic carbocycles. The number of aromatic hydroxyl groups is 1. The number of rotatable bonds is 4.